The molecule has 0 spiro atoms. The summed E-state index contributed by atoms with van der Waals surface area (Å²) < 4.78 is 10.7. The van der Waals surface area contributed by atoms with E-state index >= 15 is 0 Å². The van der Waals surface area contributed by atoms with Crippen molar-refractivity contribution in [1.29, 1.82) is 0 Å². The van der Waals surface area contributed by atoms with Crippen LogP contribution in [-0.2, 0) is 20.9 Å². The van der Waals surface area contributed by atoms with Gasteiger partial charge in [-0.25, -0.2) is 9.89 Å². The number of anilines is 1. The van der Waals surface area contributed by atoms with E-state index in [1.54, 1.807) is 36.4 Å². The van der Waals surface area contributed by atoms with Crippen molar-refractivity contribution >= 4 is 51.9 Å². The first-order chi connectivity index (χ1) is 18.5. The molecule has 0 saturated carbocycles. The maximum Gasteiger partial charge on any atom is 0.259 e. The van der Waals surface area contributed by atoms with Crippen molar-refractivity contribution in [3.05, 3.63) is 78.3 Å². The number of fused-ring (bicyclic) bond motifs is 3. The van der Waals surface area contributed by atoms with Crippen LogP contribution in [0.3, 0.4) is 0 Å². The lowest BCUT2D eigenvalue weighted by molar-refractivity contribution is -0.128. The highest BCUT2D eigenvalue weighted by molar-refractivity contribution is 8.14. The van der Waals surface area contributed by atoms with Gasteiger partial charge in [0.1, 0.15) is 23.4 Å². The molecule has 3 aromatic rings. The standard InChI is InChI=1S/C27H25N5O5S/c1-2-36-18-11-9-17(10-12-18)29-24(34)16-38-27-31-21-8-4-3-7-20(21)25-30-22(26(35)32(25)27)14-23(33)28-15-19-6-5-13-37-19/h3-13,22H,2,14-16H2,1H3,(H,28,33)(H,29,34)/t22-/m0/s1. The van der Waals surface area contributed by atoms with Crippen LogP contribution >= 0.6 is 11.8 Å². The number of carbonyl (C=O) groups is 3. The first-order valence-corrected chi connectivity index (χ1v) is 13.0. The summed E-state index contributed by atoms with van der Waals surface area (Å²) in [7, 11) is 0. The Hall–Kier alpha value is -4.38. The minimum atomic E-state index is -0.892. The Bertz CT molecular complexity index is 1400. The molecule has 2 aliphatic heterocycles. The Morgan fingerprint density at radius 3 is 2.66 bits per heavy atom. The predicted molar refractivity (Wildman–Crippen MR) is 145 cm³/mol. The number of ether oxygens (including phenoxy) is 1. The number of furan rings is 1. The van der Waals surface area contributed by atoms with Crippen LogP contribution in [0.5, 0.6) is 5.75 Å². The average molecular weight is 532 g/mol. The molecular weight excluding hydrogens is 506 g/mol. The van der Waals surface area contributed by atoms with Gasteiger partial charge in [0.15, 0.2) is 5.17 Å². The van der Waals surface area contributed by atoms with E-state index in [9.17, 15) is 14.4 Å². The fourth-order valence-corrected chi connectivity index (χ4v) is 4.81. The SMILES string of the molecule is CCOc1ccc(NC(=O)CSC2=Nc3ccccc3C3=N[C@@H](CC(=O)NCc4ccco4)C(=O)N23)cc1. The van der Waals surface area contributed by atoms with E-state index in [1.807, 2.05) is 31.2 Å². The third-order valence-corrected chi connectivity index (χ3v) is 6.69. The van der Waals surface area contributed by atoms with Crippen molar-refractivity contribution in [2.75, 3.05) is 17.7 Å². The third-order valence-electron chi connectivity index (χ3n) is 5.75. The van der Waals surface area contributed by atoms with Crippen LogP contribution in [-0.4, -0.2) is 52.0 Å². The molecular formula is C27H25N5O5S. The average Bonchev–Trinajstić information content (AvgIpc) is 3.56. The van der Waals surface area contributed by atoms with Crippen molar-refractivity contribution in [3.63, 3.8) is 0 Å². The van der Waals surface area contributed by atoms with E-state index in [2.05, 4.69) is 20.6 Å². The Kier molecular flexibility index (Phi) is 7.55. The summed E-state index contributed by atoms with van der Waals surface area (Å²) in [5, 5.41) is 5.93. The minimum absolute atomic E-state index is 0.0274. The lowest BCUT2D eigenvalue weighted by atomic mass is 10.1. The van der Waals surface area contributed by atoms with E-state index in [4.69, 9.17) is 9.15 Å². The summed E-state index contributed by atoms with van der Waals surface area (Å²) in [5.74, 6) is 0.860. The fraction of sp³-hybridized carbons (Fsp3) is 0.222. The van der Waals surface area contributed by atoms with Gasteiger partial charge in [-0.1, -0.05) is 23.9 Å². The van der Waals surface area contributed by atoms with Gasteiger partial charge in [-0.2, -0.15) is 0 Å². The summed E-state index contributed by atoms with van der Waals surface area (Å²) in [6, 6.07) is 17.0. The van der Waals surface area contributed by atoms with Crippen LogP contribution in [0, 0.1) is 0 Å². The largest absolute Gasteiger partial charge is 0.494 e. The van der Waals surface area contributed by atoms with Gasteiger partial charge in [-0.05, 0) is 55.5 Å². The predicted octanol–water partition coefficient (Wildman–Crippen LogP) is 3.72. The van der Waals surface area contributed by atoms with Crippen molar-refractivity contribution < 1.29 is 23.5 Å². The lowest BCUT2D eigenvalue weighted by Gasteiger charge is -2.25. The number of nitrogens with zero attached hydrogens (tertiary/aromatic N) is 3. The van der Waals surface area contributed by atoms with Gasteiger partial charge >= 0.3 is 0 Å². The molecule has 5 rings (SSSR count). The van der Waals surface area contributed by atoms with Crippen LogP contribution < -0.4 is 15.4 Å². The second-order valence-corrected chi connectivity index (χ2v) is 9.35. The normalized spacial score (nSPS) is 15.8. The first kappa shape index (κ1) is 25.3. The van der Waals surface area contributed by atoms with Crippen LogP contribution in [0.1, 0.15) is 24.7 Å². The summed E-state index contributed by atoms with van der Waals surface area (Å²) in [4.78, 5) is 49.2. The zero-order valence-electron chi connectivity index (χ0n) is 20.5. The molecule has 0 saturated heterocycles. The van der Waals surface area contributed by atoms with E-state index in [0.717, 1.165) is 17.5 Å². The van der Waals surface area contributed by atoms with Gasteiger partial charge < -0.3 is 19.8 Å². The molecule has 2 aliphatic rings. The van der Waals surface area contributed by atoms with Crippen LogP contribution in [0.2, 0.25) is 0 Å². The quantitative estimate of drug-likeness (QED) is 0.434. The number of nitrogens with one attached hydrogen (secondary N) is 2. The van der Waals surface area contributed by atoms with Crippen LogP contribution in [0.15, 0.2) is 81.3 Å². The number of aliphatic imine (C=N–C) groups is 2. The zero-order valence-corrected chi connectivity index (χ0v) is 21.4. The van der Waals surface area contributed by atoms with Gasteiger partial charge in [0, 0.05) is 11.3 Å². The molecule has 3 amide bonds. The second-order valence-electron chi connectivity index (χ2n) is 8.41. The minimum Gasteiger partial charge on any atom is -0.494 e. The van der Waals surface area contributed by atoms with Crippen molar-refractivity contribution in [2.45, 2.75) is 25.9 Å². The first-order valence-electron chi connectivity index (χ1n) is 12.1. The van der Waals surface area contributed by atoms with E-state index in [0.29, 0.717) is 40.3 Å². The van der Waals surface area contributed by atoms with Crippen molar-refractivity contribution in [1.82, 2.24) is 10.2 Å². The molecule has 0 fully saturated rings. The summed E-state index contributed by atoms with van der Waals surface area (Å²) in [6.45, 7) is 2.69. The summed E-state index contributed by atoms with van der Waals surface area (Å²) in [6.07, 6.45) is 1.41. The topological polar surface area (TPSA) is 126 Å². The fourth-order valence-electron chi connectivity index (χ4n) is 4.01. The van der Waals surface area contributed by atoms with Gasteiger partial charge in [0.05, 0.1) is 37.3 Å². The number of rotatable bonds is 9. The van der Waals surface area contributed by atoms with Gasteiger partial charge in [0.2, 0.25) is 11.8 Å². The molecule has 0 radical (unpaired) electrons. The van der Waals surface area contributed by atoms with E-state index in [1.165, 1.54) is 11.2 Å². The molecule has 0 unspecified atom stereocenters. The molecule has 194 valence electrons. The zero-order chi connectivity index (χ0) is 26.5. The molecule has 11 heteroatoms. The molecule has 2 N–H and O–H groups in total. The smallest absolute Gasteiger partial charge is 0.259 e. The number of hydrogen-bond donors (Lipinski definition) is 2. The number of amides is 3. The molecule has 10 nitrogen and oxygen atoms in total. The van der Waals surface area contributed by atoms with Crippen LogP contribution in [0.4, 0.5) is 11.4 Å². The molecule has 38 heavy (non-hydrogen) atoms. The van der Waals surface area contributed by atoms with E-state index < -0.39 is 6.04 Å². The maximum absolute atomic E-state index is 13.4. The highest BCUT2D eigenvalue weighted by Gasteiger charge is 2.42. The molecule has 0 bridgehead atoms. The number of carbonyl (C=O) groups excluding carboxylic acids is 3. The van der Waals surface area contributed by atoms with Gasteiger partial charge in [-0.15, -0.1) is 0 Å². The summed E-state index contributed by atoms with van der Waals surface area (Å²) >= 11 is 1.13. The van der Waals surface area contributed by atoms with Crippen molar-refractivity contribution in [3.8, 4) is 5.75 Å². The molecule has 0 aliphatic carbocycles. The number of benzene rings is 2. The number of thioether (sulfide) groups is 1. The highest BCUT2D eigenvalue weighted by atomic mass is 32.2. The molecule has 3 heterocycles. The molecule has 1 aromatic heterocycles. The van der Waals surface area contributed by atoms with Gasteiger partial charge in [0.25, 0.3) is 5.91 Å². The number of para-hydroxylation sites is 1. The lowest BCUT2D eigenvalue weighted by Crippen LogP contribution is -2.42. The van der Waals surface area contributed by atoms with E-state index in [-0.39, 0.29) is 36.4 Å². The molecule has 1 atom stereocenters. The number of amidine groups is 2. The van der Waals surface area contributed by atoms with Gasteiger partial charge in [-0.3, -0.25) is 19.4 Å². The Morgan fingerprint density at radius 2 is 1.89 bits per heavy atom. The summed E-state index contributed by atoms with van der Waals surface area (Å²) in [5.41, 5.74) is 1.98. The second kappa shape index (κ2) is 11.3. The Balaban J connectivity index is 1.26. The highest BCUT2D eigenvalue weighted by Crippen LogP contribution is 2.34. The van der Waals surface area contributed by atoms with Crippen molar-refractivity contribution in [2.24, 2.45) is 9.98 Å². The monoisotopic (exact) mass is 531 g/mol. The number of hydrogen-bond acceptors (Lipinski definition) is 8. The maximum atomic E-state index is 13.4. The Labute approximate surface area is 223 Å². The third kappa shape index (κ3) is 5.62. The van der Waals surface area contributed by atoms with Crippen LogP contribution in [0.25, 0.3) is 0 Å². The Morgan fingerprint density at radius 1 is 1.08 bits per heavy atom. The molecule has 2 aromatic carbocycles.